The van der Waals surface area contributed by atoms with Crippen LogP contribution in [0, 0.1) is 17.5 Å². The number of unbranched alkanes of at least 4 members (excludes halogenated alkanes) is 2. The van der Waals surface area contributed by atoms with Crippen molar-refractivity contribution in [2.45, 2.75) is 44.9 Å². The monoisotopic (exact) mass is 393 g/mol. The molecular formula is C21H22F3NO3. The smallest absolute Gasteiger partial charge is 0.231 e. The molecule has 7 heteroatoms. The van der Waals surface area contributed by atoms with Crippen molar-refractivity contribution >= 4 is 11.6 Å². The van der Waals surface area contributed by atoms with Crippen molar-refractivity contribution in [1.82, 2.24) is 0 Å². The predicted molar refractivity (Wildman–Crippen MR) is 99.0 cm³/mol. The van der Waals surface area contributed by atoms with E-state index in [2.05, 4.69) is 12.2 Å². The maximum Gasteiger partial charge on any atom is 0.231 e. The van der Waals surface area contributed by atoms with Crippen molar-refractivity contribution in [3.05, 3.63) is 53.3 Å². The van der Waals surface area contributed by atoms with Gasteiger partial charge in [0.05, 0.1) is 0 Å². The van der Waals surface area contributed by atoms with E-state index in [1.807, 2.05) is 12.1 Å². The molecule has 1 N–H and O–H groups in total. The molecule has 3 rings (SSSR count). The number of hydrogen-bond acceptors (Lipinski definition) is 3. The quantitative estimate of drug-likeness (QED) is 0.600. The first-order chi connectivity index (χ1) is 13.5. The molecule has 1 amide bonds. The van der Waals surface area contributed by atoms with Crippen molar-refractivity contribution < 1.29 is 27.4 Å². The lowest BCUT2D eigenvalue weighted by Gasteiger charge is -2.19. The summed E-state index contributed by atoms with van der Waals surface area (Å²) >= 11 is 0. The Hall–Kier alpha value is -2.70. The minimum absolute atomic E-state index is 0.0137. The highest BCUT2D eigenvalue weighted by Gasteiger charge is 2.25. The lowest BCUT2D eigenvalue weighted by molar-refractivity contribution is -0.116. The average molecular weight is 393 g/mol. The Bertz CT molecular complexity index is 834. The van der Waals surface area contributed by atoms with Crippen molar-refractivity contribution in [1.29, 1.82) is 0 Å². The maximum absolute atomic E-state index is 13.8. The average Bonchev–Trinajstić information content (AvgIpc) is 3.13. The summed E-state index contributed by atoms with van der Waals surface area (Å²) in [7, 11) is 0. The third kappa shape index (κ3) is 4.58. The van der Waals surface area contributed by atoms with Crippen molar-refractivity contribution in [2.24, 2.45) is 0 Å². The van der Waals surface area contributed by atoms with E-state index < -0.39 is 29.0 Å². The van der Waals surface area contributed by atoms with Crippen LogP contribution in [0.3, 0.4) is 0 Å². The SMILES string of the molecule is CCCCC[C@H](CC(=O)Nc1c(F)cc(F)cc1F)c1cccc2c1OCO2. The van der Waals surface area contributed by atoms with Crippen LogP contribution in [0.5, 0.6) is 11.5 Å². The number of ether oxygens (including phenoxy) is 2. The predicted octanol–water partition coefficient (Wildman–Crippen LogP) is 5.53. The number of anilines is 1. The van der Waals surface area contributed by atoms with Crippen LogP contribution in [0.25, 0.3) is 0 Å². The van der Waals surface area contributed by atoms with Gasteiger partial charge in [-0.25, -0.2) is 13.2 Å². The Morgan fingerprint density at radius 3 is 2.61 bits per heavy atom. The van der Waals surface area contributed by atoms with Gasteiger partial charge in [-0.3, -0.25) is 4.79 Å². The molecule has 0 spiro atoms. The van der Waals surface area contributed by atoms with Gasteiger partial charge in [-0.15, -0.1) is 0 Å². The summed E-state index contributed by atoms with van der Waals surface area (Å²) in [5.41, 5.74) is 0.192. The van der Waals surface area contributed by atoms with E-state index in [9.17, 15) is 18.0 Å². The van der Waals surface area contributed by atoms with E-state index in [-0.39, 0.29) is 19.1 Å². The van der Waals surface area contributed by atoms with E-state index in [0.29, 0.717) is 23.6 Å². The van der Waals surface area contributed by atoms with Gasteiger partial charge in [-0.05, 0) is 18.4 Å². The van der Waals surface area contributed by atoms with Crippen molar-refractivity contribution in [2.75, 3.05) is 12.1 Å². The van der Waals surface area contributed by atoms with Crippen LogP contribution in [-0.4, -0.2) is 12.7 Å². The summed E-state index contributed by atoms with van der Waals surface area (Å²) in [5, 5.41) is 2.24. The fourth-order valence-electron chi connectivity index (χ4n) is 3.36. The highest BCUT2D eigenvalue weighted by atomic mass is 19.1. The van der Waals surface area contributed by atoms with E-state index in [0.717, 1.165) is 31.2 Å². The molecule has 1 aliphatic heterocycles. The number of amides is 1. The lowest BCUT2D eigenvalue weighted by Crippen LogP contribution is -2.18. The topological polar surface area (TPSA) is 47.6 Å². The van der Waals surface area contributed by atoms with Crippen LogP contribution in [0.15, 0.2) is 30.3 Å². The normalized spacial score (nSPS) is 13.4. The summed E-state index contributed by atoms with van der Waals surface area (Å²) in [4.78, 5) is 12.5. The van der Waals surface area contributed by atoms with Gasteiger partial charge in [0.25, 0.3) is 0 Å². The van der Waals surface area contributed by atoms with Crippen LogP contribution < -0.4 is 14.8 Å². The van der Waals surface area contributed by atoms with Gasteiger partial charge in [0.1, 0.15) is 11.5 Å². The third-order valence-electron chi connectivity index (χ3n) is 4.73. The number of fused-ring (bicyclic) bond motifs is 1. The second kappa shape index (κ2) is 8.99. The molecule has 2 aromatic carbocycles. The summed E-state index contributed by atoms with van der Waals surface area (Å²) in [6, 6.07) is 6.56. The number of carbonyl (C=O) groups is 1. The molecule has 0 saturated heterocycles. The van der Waals surface area contributed by atoms with Gasteiger partial charge in [-0.1, -0.05) is 38.3 Å². The molecule has 0 aromatic heterocycles. The lowest BCUT2D eigenvalue weighted by atomic mass is 9.89. The molecule has 0 saturated carbocycles. The number of para-hydroxylation sites is 1. The standard InChI is InChI=1S/C21H22F3NO3/c1-2-3-4-6-13(15-7-5-8-18-21(15)28-12-27-18)9-19(26)25-20-16(23)10-14(22)11-17(20)24/h5,7-8,10-11,13H,2-4,6,9,12H2,1H3,(H,25,26)/t13-/m1/s1. The van der Waals surface area contributed by atoms with Crippen LogP contribution in [0.1, 0.15) is 50.5 Å². The number of halogens is 3. The molecule has 0 unspecified atom stereocenters. The number of hydrogen-bond donors (Lipinski definition) is 1. The van der Waals surface area contributed by atoms with Gasteiger partial charge in [0.15, 0.2) is 23.1 Å². The molecule has 1 aliphatic rings. The van der Waals surface area contributed by atoms with Crippen LogP contribution in [-0.2, 0) is 4.79 Å². The number of carbonyl (C=O) groups excluding carboxylic acids is 1. The number of benzene rings is 2. The maximum atomic E-state index is 13.8. The van der Waals surface area contributed by atoms with Gasteiger partial charge >= 0.3 is 0 Å². The third-order valence-corrected chi connectivity index (χ3v) is 4.73. The largest absolute Gasteiger partial charge is 0.454 e. The molecule has 1 atom stereocenters. The summed E-state index contributed by atoms with van der Waals surface area (Å²) in [6.45, 7) is 2.20. The molecule has 4 nitrogen and oxygen atoms in total. The van der Waals surface area contributed by atoms with Gasteiger partial charge in [0, 0.05) is 24.1 Å². The first-order valence-corrected chi connectivity index (χ1v) is 9.32. The Labute approximate surface area is 161 Å². The first-order valence-electron chi connectivity index (χ1n) is 9.32. The zero-order chi connectivity index (χ0) is 20.1. The molecule has 2 aromatic rings. The number of nitrogens with one attached hydrogen (secondary N) is 1. The molecule has 150 valence electrons. The van der Waals surface area contributed by atoms with E-state index >= 15 is 0 Å². The van der Waals surface area contributed by atoms with Crippen LogP contribution in [0.4, 0.5) is 18.9 Å². The summed E-state index contributed by atoms with van der Waals surface area (Å²) in [6.07, 6.45) is 3.66. The van der Waals surface area contributed by atoms with E-state index in [4.69, 9.17) is 9.47 Å². The Balaban J connectivity index is 1.78. The van der Waals surface area contributed by atoms with Crippen LogP contribution >= 0.6 is 0 Å². The second-order valence-electron chi connectivity index (χ2n) is 6.77. The Morgan fingerprint density at radius 1 is 1.14 bits per heavy atom. The highest BCUT2D eigenvalue weighted by Crippen LogP contribution is 2.42. The molecule has 0 fully saturated rings. The molecule has 0 aliphatic carbocycles. The van der Waals surface area contributed by atoms with Crippen molar-refractivity contribution in [3.63, 3.8) is 0 Å². The Morgan fingerprint density at radius 2 is 1.89 bits per heavy atom. The Kier molecular flexibility index (Phi) is 6.44. The molecule has 0 radical (unpaired) electrons. The molecule has 1 heterocycles. The fourth-order valence-corrected chi connectivity index (χ4v) is 3.36. The zero-order valence-electron chi connectivity index (χ0n) is 15.6. The minimum Gasteiger partial charge on any atom is -0.454 e. The zero-order valence-corrected chi connectivity index (χ0v) is 15.6. The number of rotatable bonds is 8. The van der Waals surface area contributed by atoms with E-state index in [1.165, 1.54) is 0 Å². The fraction of sp³-hybridized carbons (Fsp3) is 0.381. The molecule has 28 heavy (non-hydrogen) atoms. The second-order valence-corrected chi connectivity index (χ2v) is 6.77. The summed E-state index contributed by atoms with van der Waals surface area (Å²) < 4.78 is 51.7. The summed E-state index contributed by atoms with van der Waals surface area (Å²) in [5.74, 6) is -2.86. The van der Waals surface area contributed by atoms with Gasteiger partial charge in [-0.2, -0.15) is 0 Å². The van der Waals surface area contributed by atoms with Crippen molar-refractivity contribution in [3.8, 4) is 11.5 Å². The molecular weight excluding hydrogens is 371 g/mol. The van der Waals surface area contributed by atoms with Gasteiger partial charge in [0.2, 0.25) is 12.7 Å². The molecule has 0 bridgehead atoms. The van der Waals surface area contributed by atoms with Gasteiger partial charge < -0.3 is 14.8 Å². The highest BCUT2D eigenvalue weighted by molar-refractivity contribution is 5.91. The van der Waals surface area contributed by atoms with Crippen LogP contribution in [0.2, 0.25) is 0 Å². The van der Waals surface area contributed by atoms with E-state index in [1.54, 1.807) is 6.07 Å². The first kappa shape index (κ1) is 20.0. The minimum atomic E-state index is -1.15.